The zero-order valence-corrected chi connectivity index (χ0v) is 9.92. The molecule has 4 nitrogen and oxygen atoms in total. The molecule has 16 heavy (non-hydrogen) atoms. The molecule has 0 saturated heterocycles. The third-order valence-electron chi connectivity index (χ3n) is 2.08. The quantitative estimate of drug-likeness (QED) is 0.783. The van der Waals surface area contributed by atoms with E-state index >= 15 is 0 Å². The Balaban J connectivity index is 1.88. The maximum absolute atomic E-state index is 5.28. The summed E-state index contributed by atoms with van der Waals surface area (Å²) in [4.78, 5) is 4.47. The molecule has 0 bridgehead atoms. The van der Waals surface area contributed by atoms with Crippen LogP contribution in [0.5, 0.6) is 0 Å². The van der Waals surface area contributed by atoms with E-state index in [9.17, 15) is 0 Å². The van der Waals surface area contributed by atoms with Gasteiger partial charge in [0, 0.05) is 25.6 Å². The second-order valence-corrected chi connectivity index (χ2v) is 4.22. The van der Waals surface area contributed by atoms with E-state index in [0.717, 1.165) is 36.2 Å². The highest BCUT2D eigenvalue weighted by molar-refractivity contribution is 7.09. The molecule has 1 N–H and O–H groups in total. The summed E-state index contributed by atoms with van der Waals surface area (Å²) in [7, 11) is 1.69. The highest BCUT2D eigenvalue weighted by Gasteiger charge is 2.05. The van der Waals surface area contributed by atoms with Crippen molar-refractivity contribution in [2.75, 3.05) is 20.3 Å². The van der Waals surface area contributed by atoms with Crippen LogP contribution in [0.1, 0.15) is 5.01 Å². The molecule has 0 atom stereocenters. The van der Waals surface area contributed by atoms with Crippen LogP contribution >= 0.6 is 11.3 Å². The van der Waals surface area contributed by atoms with Crippen molar-refractivity contribution in [1.29, 1.82) is 0 Å². The fourth-order valence-corrected chi connectivity index (χ4v) is 2.05. The van der Waals surface area contributed by atoms with Crippen molar-refractivity contribution < 1.29 is 9.15 Å². The predicted octanol–water partition coefficient (Wildman–Crippen LogP) is 2.14. The van der Waals surface area contributed by atoms with Crippen molar-refractivity contribution >= 4 is 11.3 Å². The van der Waals surface area contributed by atoms with Crippen molar-refractivity contribution in [3.8, 4) is 11.5 Å². The number of ether oxygens (including phenoxy) is 1. The van der Waals surface area contributed by atoms with Crippen LogP contribution in [0.4, 0.5) is 0 Å². The van der Waals surface area contributed by atoms with Crippen LogP contribution in [0.15, 0.2) is 28.2 Å². The lowest BCUT2D eigenvalue weighted by atomic mass is 10.4. The van der Waals surface area contributed by atoms with Gasteiger partial charge in [-0.2, -0.15) is 0 Å². The normalized spacial score (nSPS) is 10.8. The number of furan rings is 1. The number of methoxy groups -OCH3 is 1. The molecule has 0 aliphatic heterocycles. The molecule has 86 valence electrons. The van der Waals surface area contributed by atoms with Crippen LogP contribution in [-0.2, 0) is 11.3 Å². The van der Waals surface area contributed by atoms with Gasteiger partial charge in [-0.15, -0.1) is 11.3 Å². The van der Waals surface area contributed by atoms with Crippen LogP contribution in [-0.4, -0.2) is 25.2 Å². The molecule has 0 aliphatic carbocycles. The van der Waals surface area contributed by atoms with Crippen LogP contribution in [0.3, 0.4) is 0 Å². The molecule has 2 aromatic heterocycles. The van der Waals surface area contributed by atoms with E-state index in [1.807, 2.05) is 17.5 Å². The minimum atomic E-state index is 0.719. The van der Waals surface area contributed by atoms with Crippen molar-refractivity contribution in [2.24, 2.45) is 0 Å². The summed E-state index contributed by atoms with van der Waals surface area (Å²) in [6.45, 7) is 2.33. The van der Waals surface area contributed by atoms with E-state index in [4.69, 9.17) is 9.15 Å². The highest BCUT2D eigenvalue weighted by Crippen LogP contribution is 2.21. The Hall–Kier alpha value is -1.17. The molecule has 0 spiro atoms. The topological polar surface area (TPSA) is 47.3 Å². The second-order valence-electron chi connectivity index (χ2n) is 3.27. The average Bonchev–Trinajstić information content (AvgIpc) is 2.94. The molecule has 0 aromatic carbocycles. The van der Waals surface area contributed by atoms with Gasteiger partial charge in [0.25, 0.3) is 0 Å². The highest BCUT2D eigenvalue weighted by atomic mass is 32.1. The number of nitrogens with one attached hydrogen (secondary N) is 1. The van der Waals surface area contributed by atoms with Gasteiger partial charge in [-0.1, -0.05) is 0 Å². The Morgan fingerprint density at radius 1 is 1.56 bits per heavy atom. The van der Waals surface area contributed by atoms with Crippen molar-refractivity contribution in [1.82, 2.24) is 10.3 Å². The van der Waals surface area contributed by atoms with Gasteiger partial charge in [0.05, 0.1) is 12.9 Å². The Labute approximate surface area is 98.3 Å². The zero-order chi connectivity index (χ0) is 11.2. The van der Waals surface area contributed by atoms with E-state index in [-0.39, 0.29) is 0 Å². The fourth-order valence-electron chi connectivity index (χ4n) is 1.30. The third kappa shape index (κ3) is 2.91. The number of hydrogen-bond donors (Lipinski definition) is 1. The minimum absolute atomic E-state index is 0.719. The zero-order valence-electron chi connectivity index (χ0n) is 9.10. The van der Waals surface area contributed by atoms with Gasteiger partial charge < -0.3 is 14.5 Å². The molecule has 0 fully saturated rings. The summed E-state index contributed by atoms with van der Waals surface area (Å²) in [5.41, 5.74) is 0.901. The lowest BCUT2D eigenvalue weighted by molar-refractivity contribution is 0.199. The SMILES string of the molecule is COCCNCc1nc(-c2ccco2)cs1. The Morgan fingerprint density at radius 3 is 3.25 bits per heavy atom. The first-order valence-corrected chi connectivity index (χ1v) is 5.96. The van der Waals surface area contributed by atoms with Crippen LogP contribution in [0.2, 0.25) is 0 Å². The molecule has 0 unspecified atom stereocenters. The van der Waals surface area contributed by atoms with E-state index in [1.54, 1.807) is 24.7 Å². The van der Waals surface area contributed by atoms with Crippen LogP contribution in [0, 0.1) is 0 Å². The third-order valence-corrected chi connectivity index (χ3v) is 2.93. The number of aromatic nitrogens is 1. The van der Waals surface area contributed by atoms with E-state index in [1.165, 1.54) is 0 Å². The molecule has 0 saturated carbocycles. The Morgan fingerprint density at radius 2 is 2.50 bits per heavy atom. The Bertz CT molecular complexity index is 411. The summed E-state index contributed by atoms with van der Waals surface area (Å²) in [5, 5.41) is 6.32. The van der Waals surface area contributed by atoms with Gasteiger partial charge in [-0.3, -0.25) is 0 Å². The largest absolute Gasteiger partial charge is 0.463 e. The molecular formula is C11H14N2O2S. The first-order chi connectivity index (χ1) is 7.90. The number of nitrogens with zero attached hydrogens (tertiary/aromatic N) is 1. The molecule has 0 aliphatic rings. The lowest BCUT2D eigenvalue weighted by Gasteiger charge is -1.99. The van der Waals surface area contributed by atoms with Crippen LogP contribution in [0.25, 0.3) is 11.5 Å². The number of thiazole rings is 1. The smallest absolute Gasteiger partial charge is 0.153 e. The monoisotopic (exact) mass is 238 g/mol. The van der Waals surface area contributed by atoms with E-state index in [0.29, 0.717) is 0 Å². The summed E-state index contributed by atoms with van der Waals surface area (Å²) in [6.07, 6.45) is 1.66. The van der Waals surface area contributed by atoms with Crippen molar-refractivity contribution in [3.63, 3.8) is 0 Å². The minimum Gasteiger partial charge on any atom is -0.463 e. The molecule has 0 radical (unpaired) electrons. The molecule has 2 rings (SSSR count). The van der Waals surface area contributed by atoms with Gasteiger partial charge in [0.1, 0.15) is 10.7 Å². The molecule has 2 heterocycles. The van der Waals surface area contributed by atoms with Crippen molar-refractivity contribution in [2.45, 2.75) is 6.54 Å². The fraction of sp³-hybridized carbons (Fsp3) is 0.364. The first kappa shape index (κ1) is 11.3. The summed E-state index contributed by atoms with van der Waals surface area (Å²) in [6, 6.07) is 3.78. The predicted molar refractivity (Wildman–Crippen MR) is 63.4 cm³/mol. The first-order valence-electron chi connectivity index (χ1n) is 5.08. The average molecular weight is 238 g/mol. The van der Waals surface area contributed by atoms with Gasteiger partial charge >= 0.3 is 0 Å². The molecule has 0 amide bonds. The van der Waals surface area contributed by atoms with E-state index in [2.05, 4.69) is 10.3 Å². The van der Waals surface area contributed by atoms with Crippen molar-refractivity contribution in [3.05, 3.63) is 28.8 Å². The van der Waals surface area contributed by atoms with E-state index < -0.39 is 0 Å². The molecule has 5 heteroatoms. The number of hydrogen-bond acceptors (Lipinski definition) is 5. The summed E-state index contributed by atoms with van der Waals surface area (Å²) >= 11 is 1.63. The van der Waals surface area contributed by atoms with Gasteiger partial charge in [0.15, 0.2) is 5.76 Å². The lowest BCUT2D eigenvalue weighted by Crippen LogP contribution is -2.18. The molecule has 2 aromatic rings. The van der Waals surface area contributed by atoms with Gasteiger partial charge in [-0.05, 0) is 12.1 Å². The Kier molecular flexibility index (Phi) is 4.10. The number of rotatable bonds is 6. The second kappa shape index (κ2) is 5.79. The summed E-state index contributed by atoms with van der Waals surface area (Å²) in [5.74, 6) is 0.819. The summed E-state index contributed by atoms with van der Waals surface area (Å²) < 4.78 is 10.2. The molecular weight excluding hydrogens is 224 g/mol. The maximum Gasteiger partial charge on any atom is 0.153 e. The van der Waals surface area contributed by atoms with Gasteiger partial charge in [-0.25, -0.2) is 4.98 Å². The van der Waals surface area contributed by atoms with Crippen LogP contribution < -0.4 is 5.32 Å². The van der Waals surface area contributed by atoms with Gasteiger partial charge in [0.2, 0.25) is 0 Å². The standard InChI is InChI=1S/C11H14N2O2S/c1-14-6-4-12-7-11-13-9(8-16-11)10-3-2-5-15-10/h2-3,5,8,12H,4,6-7H2,1H3. The maximum atomic E-state index is 5.28.